The Hall–Kier alpha value is -0.900. The summed E-state index contributed by atoms with van der Waals surface area (Å²) in [6, 6.07) is 10.8. The number of benzene rings is 1. The molecule has 2 rings (SSSR count). The minimum atomic E-state index is 0.145. The Morgan fingerprint density at radius 3 is 2.74 bits per heavy atom. The first-order valence-corrected chi connectivity index (χ1v) is 7.26. The number of rotatable bonds is 4. The van der Waals surface area contributed by atoms with E-state index in [-0.39, 0.29) is 18.2 Å². The first kappa shape index (κ1) is 14.5. The molecule has 19 heavy (non-hydrogen) atoms. The predicted octanol–water partition coefficient (Wildman–Crippen LogP) is 1.66. The van der Waals surface area contributed by atoms with Crippen molar-refractivity contribution in [2.24, 2.45) is 0 Å². The van der Waals surface area contributed by atoms with Crippen molar-refractivity contribution >= 4 is 0 Å². The Kier molecular flexibility index (Phi) is 4.97. The van der Waals surface area contributed by atoms with Crippen LogP contribution >= 0.6 is 0 Å². The number of hydrogen-bond donors (Lipinski definition) is 2. The minimum absolute atomic E-state index is 0.145. The smallest absolute Gasteiger partial charge is 0.0599 e. The molecule has 1 saturated heterocycles. The summed E-state index contributed by atoms with van der Waals surface area (Å²) < 4.78 is 0. The lowest BCUT2D eigenvalue weighted by Crippen LogP contribution is -2.52. The third-order valence-electron chi connectivity index (χ3n) is 4.21. The third-order valence-corrected chi connectivity index (χ3v) is 4.21. The zero-order valence-corrected chi connectivity index (χ0v) is 12.1. The zero-order valence-electron chi connectivity index (χ0n) is 12.1. The van der Waals surface area contributed by atoms with Gasteiger partial charge in [-0.2, -0.15) is 0 Å². The molecule has 3 heteroatoms. The second-order valence-electron chi connectivity index (χ2n) is 6.03. The lowest BCUT2D eigenvalue weighted by molar-refractivity contribution is 0.0465. The molecule has 0 amide bonds. The van der Waals surface area contributed by atoms with Gasteiger partial charge in [-0.1, -0.05) is 30.3 Å². The maximum Gasteiger partial charge on any atom is 0.0599 e. The summed E-state index contributed by atoms with van der Waals surface area (Å²) in [6.45, 7) is 7.72. The average Bonchev–Trinajstić information content (AvgIpc) is 2.56. The Morgan fingerprint density at radius 1 is 1.32 bits per heavy atom. The topological polar surface area (TPSA) is 35.5 Å². The monoisotopic (exact) mass is 262 g/mol. The van der Waals surface area contributed by atoms with Crippen LogP contribution in [0.1, 0.15) is 25.8 Å². The van der Waals surface area contributed by atoms with Gasteiger partial charge >= 0.3 is 0 Å². The molecule has 0 radical (unpaired) electrons. The third kappa shape index (κ3) is 3.78. The van der Waals surface area contributed by atoms with Gasteiger partial charge < -0.3 is 10.4 Å². The van der Waals surface area contributed by atoms with E-state index in [1.54, 1.807) is 0 Å². The van der Waals surface area contributed by atoms with Gasteiger partial charge in [0.2, 0.25) is 0 Å². The fourth-order valence-corrected chi connectivity index (χ4v) is 2.95. The maximum atomic E-state index is 9.63. The van der Waals surface area contributed by atoms with E-state index in [1.165, 1.54) is 5.56 Å². The summed E-state index contributed by atoms with van der Waals surface area (Å²) in [4.78, 5) is 2.47. The Balaban J connectivity index is 2.04. The quantitative estimate of drug-likeness (QED) is 0.866. The van der Waals surface area contributed by atoms with Crippen LogP contribution in [0.15, 0.2) is 30.3 Å². The van der Waals surface area contributed by atoms with Crippen molar-refractivity contribution in [3.8, 4) is 0 Å². The zero-order chi connectivity index (χ0) is 13.7. The molecule has 1 aliphatic rings. The summed E-state index contributed by atoms with van der Waals surface area (Å²) in [6.07, 6.45) is 2.17. The van der Waals surface area contributed by atoms with Gasteiger partial charge in [-0.3, -0.25) is 4.90 Å². The SMILES string of the molecule is CC1(C)CCNCC(CO)N1CCc1ccccc1. The first-order chi connectivity index (χ1) is 9.13. The van der Waals surface area contributed by atoms with Crippen molar-refractivity contribution in [3.63, 3.8) is 0 Å². The molecule has 1 heterocycles. The highest BCUT2D eigenvalue weighted by Crippen LogP contribution is 2.23. The Labute approximate surface area is 116 Å². The van der Waals surface area contributed by atoms with Crippen LogP contribution in [0, 0.1) is 0 Å². The van der Waals surface area contributed by atoms with E-state index >= 15 is 0 Å². The highest BCUT2D eigenvalue weighted by atomic mass is 16.3. The van der Waals surface area contributed by atoms with E-state index in [4.69, 9.17) is 0 Å². The standard InChI is InChI=1S/C16H26N2O/c1-16(2)9-10-17-12-15(13-19)18(16)11-8-14-6-4-3-5-7-14/h3-7,15,17,19H,8-13H2,1-2H3. The van der Waals surface area contributed by atoms with Crippen LogP contribution in [0.5, 0.6) is 0 Å². The van der Waals surface area contributed by atoms with E-state index in [0.29, 0.717) is 0 Å². The average molecular weight is 262 g/mol. The number of aliphatic hydroxyl groups excluding tert-OH is 1. The molecule has 2 N–H and O–H groups in total. The maximum absolute atomic E-state index is 9.63. The van der Waals surface area contributed by atoms with Crippen molar-refractivity contribution < 1.29 is 5.11 Å². The number of hydrogen-bond acceptors (Lipinski definition) is 3. The van der Waals surface area contributed by atoms with Gasteiger partial charge in [-0.15, -0.1) is 0 Å². The molecule has 3 nitrogen and oxygen atoms in total. The van der Waals surface area contributed by atoms with Gasteiger partial charge in [0.15, 0.2) is 0 Å². The van der Waals surface area contributed by atoms with Gasteiger partial charge in [0.25, 0.3) is 0 Å². The molecule has 0 saturated carbocycles. The fraction of sp³-hybridized carbons (Fsp3) is 0.625. The molecular formula is C16H26N2O. The summed E-state index contributed by atoms with van der Waals surface area (Å²) in [5.74, 6) is 0. The van der Waals surface area contributed by atoms with Crippen LogP contribution in [-0.4, -0.2) is 47.8 Å². The van der Waals surface area contributed by atoms with Gasteiger partial charge in [0.05, 0.1) is 6.61 Å². The highest BCUT2D eigenvalue weighted by molar-refractivity contribution is 5.15. The van der Waals surface area contributed by atoms with Crippen LogP contribution in [0.25, 0.3) is 0 Å². The second-order valence-corrected chi connectivity index (χ2v) is 6.03. The Morgan fingerprint density at radius 2 is 2.05 bits per heavy atom. The molecule has 1 aliphatic heterocycles. The summed E-state index contributed by atoms with van der Waals surface area (Å²) >= 11 is 0. The van der Waals surface area contributed by atoms with E-state index in [1.807, 2.05) is 0 Å². The van der Waals surface area contributed by atoms with Crippen LogP contribution in [0.4, 0.5) is 0 Å². The molecular weight excluding hydrogens is 236 g/mol. The molecule has 1 aromatic carbocycles. The van der Waals surface area contributed by atoms with E-state index in [0.717, 1.165) is 32.5 Å². The first-order valence-electron chi connectivity index (χ1n) is 7.26. The van der Waals surface area contributed by atoms with Crippen LogP contribution in [0.2, 0.25) is 0 Å². The van der Waals surface area contributed by atoms with E-state index < -0.39 is 0 Å². The van der Waals surface area contributed by atoms with Crippen LogP contribution in [-0.2, 0) is 6.42 Å². The van der Waals surface area contributed by atoms with Crippen molar-refractivity contribution in [1.29, 1.82) is 0 Å². The van der Waals surface area contributed by atoms with E-state index in [9.17, 15) is 5.11 Å². The van der Waals surface area contributed by atoms with Gasteiger partial charge in [-0.05, 0) is 38.8 Å². The highest BCUT2D eigenvalue weighted by Gasteiger charge is 2.33. The molecule has 0 spiro atoms. The van der Waals surface area contributed by atoms with Crippen molar-refractivity contribution in [2.45, 2.75) is 38.3 Å². The molecule has 0 bridgehead atoms. The summed E-state index contributed by atoms with van der Waals surface area (Å²) in [7, 11) is 0. The normalized spacial score (nSPS) is 24.1. The largest absolute Gasteiger partial charge is 0.395 e. The molecule has 0 aromatic heterocycles. The van der Waals surface area contributed by atoms with Gasteiger partial charge in [0, 0.05) is 24.7 Å². The molecule has 0 aliphatic carbocycles. The fourth-order valence-electron chi connectivity index (χ4n) is 2.95. The molecule has 1 atom stereocenters. The molecule has 1 fully saturated rings. The van der Waals surface area contributed by atoms with Crippen molar-refractivity contribution in [2.75, 3.05) is 26.2 Å². The van der Waals surface area contributed by atoms with Crippen LogP contribution < -0.4 is 5.32 Å². The lowest BCUT2D eigenvalue weighted by Gasteiger charge is -2.41. The molecule has 1 aromatic rings. The molecule has 1 unspecified atom stereocenters. The Bertz CT molecular complexity index is 378. The number of nitrogens with zero attached hydrogens (tertiary/aromatic N) is 1. The lowest BCUT2D eigenvalue weighted by atomic mass is 9.96. The van der Waals surface area contributed by atoms with Crippen molar-refractivity contribution in [1.82, 2.24) is 10.2 Å². The second kappa shape index (κ2) is 6.51. The number of aliphatic hydroxyl groups is 1. The van der Waals surface area contributed by atoms with Gasteiger partial charge in [0.1, 0.15) is 0 Å². The molecule has 106 valence electrons. The van der Waals surface area contributed by atoms with Crippen LogP contribution in [0.3, 0.4) is 0 Å². The number of nitrogens with one attached hydrogen (secondary N) is 1. The summed E-state index contributed by atoms with van der Waals surface area (Å²) in [5.41, 5.74) is 1.51. The predicted molar refractivity (Wildman–Crippen MR) is 79.3 cm³/mol. The minimum Gasteiger partial charge on any atom is -0.395 e. The van der Waals surface area contributed by atoms with Gasteiger partial charge in [-0.25, -0.2) is 0 Å². The van der Waals surface area contributed by atoms with E-state index in [2.05, 4.69) is 54.4 Å². The summed E-state index contributed by atoms with van der Waals surface area (Å²) in [5, 5.41) is 13.1. The van der Waals surface area contributed by atoms with Crippen molar-refractivity contribution in [3.05, 3.63) is 35.9 Å².